The molecule has 1 aromatic rings. The van der Waals surface area contributed by atoms with Crippen molar-refractivity contribution in [1.29, 1.82) is 0 Å². The molecule has 1 fully saturated rings. The molecule has 0 radical (unpaired) electrons. The van der Waals surface area contributed by atoms with Gasteiger partial charge in [-0.25, -0.2) is 0 Å². The lowest BCUT2D eigenvalue weighted by Crippen LogP contribution is -2.37. The lowest BCUT2D eigenvalue weighted by Gasteiger charge is -2.23. The second kappa shape index (κ2) is 4.97. The summed E-state index contributed by atoms with van der Waals surface area (Å²) in [6.07, 6.45) is 1.88. The van der Waals surface area contributed by atoms with Gasteiger partial charge in [0.15, 0.2) is 0 Å². The Labute approximate surface area is 103 Å². The second-order valence-corrected chi connectivity index (χ2v) is 4.90. The molecular formula is C12H14BrNO2. The van der Waals surface area contributed by atoms with E-state index in [2.05, 4.69) is 15.9 Å². The Morgan fingerprint density at radius 2 is 2.38 bits per heavy atom. The van der Waals surface area contributed by atoms with Crippen LogP contribution in [0.5, 0.6) is 0 Å². The predicted octanol–water partition coefficient (Wildman–Crippen LogP) is 2.05. The monoisotopic (exact) mass is 283 g/mol. The highest BCUT2D eigenvalue weighted by molar-refractivity contribution is 9.10. The topological polar surface area (TPSA) is 40.5 Å². The van der Waals surface area contributed by atoms with Crippen LogP contribution in [0.15, 0.2) is 28.7 Å². The maximum absolute atomic E-state index is 12.2. The number of aliphatic hydroxyl groups is 1. The first kappa shape index (κ1) is 11.6. The Bertz CT molecular complexity index is 394. The van der Waals surface area contributed by atoms with E-state index in [4.69, 9.17) is 0 Å². The van der Waals surface area contributed by atoms with E-state index in [0.29, 0.717) is 5.56 Å². The average Bonchev–Trinajstić information content (AvgIpc) is 2.76. The van der Waals surface area contributed by atoms with Crippen molar-refractivity contribution in [3.05, 3.63) is 34.3 Å². The molecule has 2 rings (SSSR count). The summed E-state index contributed by atoms with van der Waals surface area (Å²) in [4.78, 5) is 13.9. The largest absolute Gasteiger partial charge is 0.394 e. The van der Waals surface area contributed by atoms with E-state index in [-0.39, 0.29) is 18.6 Å². The van der Waals surface area contributed by atoms with Crippen LogP contribution in [-0.4, -0.2) is 35.1 Å². The average molecular weight is 284 g/mol. The van der Waals surface area contributed by atoms with Gasteiger partial charge in [0.05, 0.1) is 12.6 Å². The van der Waals surface area contributed by atoms with E-state index < -0.39 is 0 Å². The zero-order chi connectivity index (χ0) is 11.5. The molecule has 3 nitrogen and oxygen atoms in total. The fourth-order valence-corrected chi connectivity index (χ4v) is 2.48. The highest BCUT2D eigenvalue weighted by atomic mass is 79.9. The van der Waals surface area contributed by atoms with Gasteiger partial charge in [0.2, 0.25) is 0 Å². The predicted molar refractivity (Wildman–Crippen MR) is 65.3 cm³/mol. The summed E-state index contributed by atoms with van der Waals surface area (Å²) in [6, 6.07) is 7.35. The van der Waals surface area contributed by atoms with Crippen molar-refractivity contribution in [3.63, 3.8) is 0 Å². The molecule has 0 saturated carbocycles. The fraction of sp³-hybridized carbons (Fsp3) is 0.417. The van der Waals surface area contributed by atoms with Gasteiger partial charge in [-0.15, -0.1) is 0 Å². The van der Waals surface area contributed by atoms with Gasteiger partial charge in [0.25, 0.3) is 5.91 Å². The maximum atomic E-state index is 12.2. The molecule has 0 aliphatic carbocycles. The van der Waals surface area contributed by atoms with Gasteiger partial charge in [0.1, 0.15) is 0 Å². The van der Waals surface area contributed by atoms with E-state index in [1.807, 2.05) is 18.2 Å². The van der Waals surface area contributed by atoms with Gasteiger partial charge in [-0.3, -0.25) is 4.79 Å². The van der Waals surface area contributed by atoms with Gasteiger partial charge in [-0.2, -0.15) is 0 Å². The van der Waals surface area contributed by atoms with Gasteiger partial charge in [-0.1, -0.05) is 22.0 Å². The smallest absolute Gasteiger partial charge is 0.254 e. The van der Waals surface area contributed by atoms with Crippen LogP contribution < -0.4 is 0 Å². The lowest BCUT2D eigenvalue weighted by atomic mass is 10.2. The molecule has 0 aromatic heterocycles. The molecule has 1 aliphatic heterocycles. The summed E-state index contributed by atoms with van der Waals surface area (Å²) in [7, 11) is 0. The van der Waals surface area contributed by atoms with Crippen LogP contribution in [0.2, 0.25) is 0 Å². The molecule has 0 spiro atoms. The van der Waals surface area contributed by atoms with Gasteiger partial charge >= 0.3 is 0 Å². The number of aliphatic hydroxyl groups excluding tert-OH is 1. The van der Waals surface area contributed by atoms with E-state index >= 15 is 0 Å². The number of amides is 1. The summed E-state index contributed by atoms with van der Waals surface area (Å²) in [5.74, 6) is 0.0119. The van der Waals surface area contributed by atoms with Crippen LogP contribution in [0, 0.1) is 0 Å². The van der Waals surface area contributed by atoms with Gasteiger partial charge < -0.3 is 10.0 Å². The minimum absolute atomic E-state index is 0.00789. The highest BCUT2D eigenvalue weighted by Crippen LogP contribution is 2.21. The zero-order valence-electron chi connectivity index (χ0n) is 8.90. The summed E-state index contributed by atoms with van der Waals surface area (Å²) < 4.78 is 0.901. The highest BCUT2D eigenvalue weighted by Gasteiger charge is 2.28. The first-order chi connectivity index (χ1) is 7.72. The lowest BCUT2D eigenvalue weighted by molar-refractivity contribution is 0.0677. The Morgan fingerprint density at radius 1 is 1.56 bits per heavy atom. The Balaban J connectivity index is 2.18. The number of hydrogen-bond acceptors (Lipinski definition) is 2. The van der Waals surface area contributed by atoms with E-state index in [9.17, 15) is 9.90 Å². The standard InChI is InChI=1S/C12H14BrNO2/c13-10-4-1-3-9(7-10)12(16)14-6-2-5-11(14)8-15/h1,3-4,7,11,15H,2,5-6,8H2/t11-/m1/s1. The Hall–Kier alpha value is -0.870. The van der Waals surface area contributed by atoms with Crippen molar-refractivity contribution in [2.75, 3.05) is 13.2 Å². The molecule has 86 valence electrons. The summed E-state index contributed by atoms with van der Waals surface area (Å²) >= 11 is 3.35. The third kappa shape index (κ3) is 2.28. The van der Waals surface area contributed by atoms with Crippen LogP contribution in [0.3, 0.4) is 0 Å². The van der Waals surface area contributed by atoms with Crippen LogP contribution in [0.4, 0.5) is 0 Å². The summed E-state index contributed by atoms with van der Waals surface area (Å²) in [5.41, 5.74) is 0.676. The van der Waals surface area contributed by atoms with Crippen LogP contribution >= 0.6 is 15.9 Å². The van der Waals surface area contributed by atoms with Crippen molar-refractivity contribution in [1.82, 2.24) is 4.90 Å². The number of benzene rings is 1. The Kier molecular flexibility index (Phi) is 3.61. The molecule has 1 N–H and O–H groups in total. The molecule has 1 heterocycles. The SMILES string of the molecule is O=C(c1cccc(Br)c1)N1CCC[C@@H]1CO. The van der Waals surface area contributed by atoms with Crippen molar-refractivity contribution < 1.29 is 9.90 Å². The minimum Gasteiger partial charge on any atom is -0.394 e. The molecular weight excluding hydrogens is 270 g/mol. The van der Waals surface area contributed by atoms with Crippen LogP contribution in [-0.2, 0) is 0 Å². The molecule has 1 aliphatic rings. The second-order valence-electron chi connectivity index (χ2n) is 3.99. The number of carbonyl (C=O) groups is 1. The van der Waals surface area contributed by atoms with E-state index in [0.717, 1.165) is 23.9 Å². The molecule has 16 heavy (non-hydrogen) atoms. The van der Waals surface area contributed by atoms with Crippen molar-refractivity contribution >= 4 is 21.8 Å². The minimum atomic E-state index is -0.00789. The first-order valence-electron chi connectivity index (χ1n) is 5.40. The summed E-state index contributed by atoms with van der Waals surface area (Å²) in [5, 5.41) is 9.18. The molecule has 1 saturated heterocycles. The zero-order valence-corrected chi connectivity index (χ0v) is 10.5. The maximum Gasteiger partial charge on any atom is 0.254 e. The number of nitrogens with zero attached hydrogens (tertiary/aromatic N) is 1. The molecule has 1 atom stereocenters. The van der Waals surface area contributed by atoms with E-state index in [1.54, 1.807) is 11.0 Å². The number of likely N-dealkylation sites (tertiary alicyclic amines) is 1. The van der Waals surface area contributed by atoms with Crippen LogP contribution in [0.25, 0.3) is 0 Å². The number of rotatable bonds is 2. The Morgan fingerprint density at radius 3 is 3.06 bits per heavy atom. The number of carbonyl (C=O) groups excluding carboxylic acids is 1. The molecule has 1 amide bonds. The summed E-state index contributed by atoms with van der Waals surface area (Å²) in [6.45, 7) is 0.802. The van der Waals surface area contributed by atoms with Crippen LogP contribution in [0.1, 0.15) is 23.2 Å². The van der Waals surface area contributed by atoms with Gasteiger partial charge in [-0.05, 0) is 31.0 Å². The third-order valence-electron chi connectivity index (χ3n) is 2.92. The van der Waals surface area contributed by atoms with Gasteiger partial charge in [0, 0.05) is 16.6 Å². The first-order valence-corrected chi connectivity index (χ1v) is 6.19. The number of halogens is 1. The number of hydrogen-bond donors (Lipinski definition) is 1. The normalized spacial score (nSPS) is 20.1. The molecule has 0 unspecified atom stereocenters. The van der Waals surface area contributed by atoms with Crippen molar-refractivity contribution in [2.45, 2.75) is 18.9 Å². The molecule has 1 aromatic carbocycles. The molecule has 0 bridgehead atoms. The van der Waals surface area contributed by atoms with Crippen molar-refractivity contribution in [3.8, 4) is 0 Å². The molecule has 4 heteroatoms. The van der Waals surface area contributed by atoms with Crippen molar-refractivity contribution in [2.24, 2.45) is 0 Å². The quantitative estimate of drug-likeness (QED) is 0.903. The fourth-order valence-electron chi connectivity index (χ4n) is 2.08. The van der Waals surface area contributed by atoms with E-state index in [1.165, 1.54) is 0 Å². The third-order valence-corrected chi connectivity index (χ3v) is 3.41.